The van der Waals surface area contributed by atoms with Gasteiger partial charge in [-0.3, -0.25) is 9.36 Å². The van der Waals surface area contributed by atoms with Crippen LogP contribution in [0.25, 0.3) is 10.9 Å². The van der Waals surface area contributed by atoms with E-state index in [2.05, 4.69) is 4.98 Å². The summed E-state index contributed by atoms with van der Waals surface area (Å²) in [5.41, 5.74) is 1.39. The van der Waals surface area contributed by atoms with Gasteiger partial charge in [0.15, 0.2) is 0 Å². The van der Waals surface area contributed by atoms with Crippen molar-refractivity contribution in [1.82, 2.24) is 9.55 Å². The summed E-state index contributed by atoms with van der Waals surface area (Å²) in [5, 5.41) is 1.04. The van der Waals surface area contributed by atoms with Gasteiger partial charge in [-0.1, -0.05) is 11.6 Å². The van der Waals surface area contributed by atoms with Gasteiger partial charge in [-0.2, -0.15) is 0 Å². The second kappa shape index (κ2) is 3.83. The highest BCUT2D eigenvalue weighted by atomic mass is 35.5. The molecule has 3 nitrogen and oxygen atoms in total. The number of aryl methyl sites for hydroxylation is 1. The fraction of sp³-hybridized carbons (Fsp3) is 0.200. The molecule has 0 fully saturated rings. The van der Waals surface area contributed by atoms with Crippen molar-refractivity contribution in [3.8, 4) is 0 Å². The molecular weight excluding hydrogens is 235 g/mol. The minimum absolute atomic E-state index is 0.0906. The van der Waals surface area contributed by atoms with Gasteiger partial charge in [0.1, 0.15) is 6.00 Å². The van der Waals surface area contributed by atoms with Crippen LogP contribution in [0.3, 0.4) is 0 Å². The predicted octanol–water partition coefficient (Wildman–Crippen LogP) is 2.55. The molecule has 2 rings (SSSR count). The first kappa shape index (κ1) is 10.5. The van der Waals surface area contributed by atoms with Crippen molar-refractivity contribution < 1.29 is 0 Å². The number of hydrogen-bond acceptors (Lipinski definition) is 2. The van der Waals surface area contributed by atoms with Crippen molar-refractivity contribution in [3.05, 3.63) is 39.4 Å². The summed E-state index contributed by atoms with van der Waals surface area (Å²) >= 11 is 11.5. The molecule has 5 heteroatoms. The zero-order chi connectivity index (χ0) is 11.0. The van der Waals surface area contributed by atoms with Crippen LogP contribution in [0.4, 0.5) is 0 Å². The van der Waals surface area contributed by atoms with Gasteiger partial charge >= 0.3 is 0 Å². The van der Waals surface area contributed by atoms with Gasteiger partial charge in [-0.25, -0.2) is 4.98 Å². The van der Waals surface area contributed by atoms with E-state index in [0.29, 0.717) is 15.9 Å². The van der Waals surface area contributed by atoms with E-state index >= 15 is 0 Å². The first-order valence-corrected chi connectivity index (χ1v) is 5.26. The molecule has 0 N–H and O–H groups in total. The quantitative estimate of drug-likeness (QED) is 0.721. The molecule has 0 radical (unpaired) electrons. The Balaban J connectivity index is 2.93. The number of aromatic nitrogens is 2. The normalized spacial score (nSPS) is 10.9. The average molecular weight is 243 g/mol. The molecule has 78 valence electrons. The summed E-state index contributed by atoms with van der Waals surface area (Å²) in [4.78, 5) is 16.0. The first-order chi connectivity index (χ1) is 7.13. The van der Waals surface area contributed by atoms with Crippen molar-refractivity contribution in [2.45, 2.75) is 12.9 Å². The topological polar surface area (TPSA) is 34.9 Å². The molecule has 15 heavy (non-hydrogen) atoms. The van der Waals surface area contributed by atoms with Crippen molar-refractivity contribution in [2.75, 3.05) is 0 Å². The van der Waals surface area contributed by atoms with E-state index in [1.807, 2.05) is 6.92 Å². The Morgan fingerprint density at radius 3 is 2.87 bits per heavy atom. The third kappa shape index (κ3) is 1.73. The van der Waals surface area contributed by atoms with Crippen LogP contribution in [0, 0.1) is 6.92 Å². The highest BCUT2D eigenvalue weighted by Crippen LogP contribution is 2.18. The van der Waals surface area contributed by atoms with Gasteiger partial charge in [0, 0.05) is 5.02 Å². The Kier molecular flexibility index (Phi) is 2.67. The SMILES string of the molecule is Cc1cc(Cl)cc2c(=O)n(CCl)cnc12. The van der Waals surface area contributed by atoms with E-state index in [9.17, 15) is 4.79 Å². The lowest BCUT2D eigenvalue weighted by Crippen LogP contribution is -2.19. The number of nitrogens with zero attached hydrogens (tertiary/aromatic N) is 2. The smallest absolute Gasteiger partial charge is 0.262 e. The Morgan fingerprint density at radius 1 is 1.47 bits per heavy atom. The van der Waals surface area contributed by atoms with Crippen LogP contribution in [0.2, 0.25) is 5.02 Å². The van der Waals surface area contributed by atoms with Crippen molar-refractivity contribution >= 4 is 34.1 Å². The minimum atomic E-state index is -0.166. The summed E-state index contributed by atoms with van der Waals surface area (Å²) in [6.07, 6.45) is 1.44. The Labute approximate surface area is 96.3 Å². The number of alkyl halides is 1. The van der Waals surface area contributed by atoms with E-state index in [-0.39, 0.29) is 11.6 Å². The number of hydrogen-bond donors (Lipinski definition) is 0. The van der Waals surface area contributed by atoms with Crippen LogP contribution in [-0.2, 0) is 6.00 Å². The monoisotopic (exact) mass is 242 g/mol. The third-order valence-electron chi connectivity index (χ3n) is 2.21. The Hall–Kier alpha value is -1.06. The van der Waals surface area contributed by atoms with Gasteiger partial charge in [0.2, 0.25) is 0 Å². The molecule has 0 aliphatic rings. The third-order valence-corrected chi connectivity index (χ3v) is 2.69. The van der Waals surface area contributed by atoms with Crippen LogP contribution in [-0.4, -0.2) is 9.55 Å². The van der Waals surface area contributed by atoms with Crippen molar-refractivity contribution in [1.29, 1.82) is 0 Å². The molecular formula is C10H8Cl2N2O. The van der Waals surface area contributed by atoms with Gasteiger partial charge in [0.25, 0.3) is 5.56 Å². The molecule has 0 saturated heterocycles. The largest absolute Gasteiger partial charge is 0.284 e. The lowest BCUT2D eigenvalue weighted by molar-refractivity contribution is 0.816. The number of halogens is 2. The van der Waals surface area contributed by atoms with E-state index in [4.69, 9.17) is 23.2 Å². The van der Waals surface area contributed by atoms with E-state index in [0.717, 1.165) is 5.56 Å². The van der Waals surface area contributed by atoms with Gasteiger partial charge < -0.3 is 0 Å². The van der Waals surface area contributed by atoms with Crippen molar-refractivity contribution in [3.63, 3.8) is 0 Å². The second-order valence-electron chi connectivity index (χ2n) is 3.26. The molecule has 0 spiro atoms. The molecule has 0 amide bonds. The summed E-state index contributed by atoms with van der Waals surface area (Å²) in [6, 6.07) is 3.48. The van der Waals surface area contributed by atoms with Crippen molar-refractivity contribution in [2.24, 2.45) is 0 Å². The first-order valence-electron chi connectivity index (χ1n) is 4.34. The summed E-state index contributed by atoms with van der Waals surface area (Å²) in [6.45, 7) is 1.87. The van der Waals surface area contributed by atoms with Crippen LogP contribution >= 0.6 is 23.2 Å². The molecule has 0 bridgehead atoms. The Bertz CT molecular complexity index is 577. The molecule has 0 atom stereocenters. The van der Waals surface area contributed by atoms with E-state index in [1.54, 1.807) is 12.1 Å². The molecule has 2 aromatic rings. The standard InChI is InChI=1S/C10H8Cl2N2O/c1-6-2-7(12)3-8-9(6)13-5-14(4-11)10(8)15/h2-3,5H,4H2,1H3. The zero-order valence-corrected chi connectivity index (χ0v) is 9.51. The maximum Gasteiger partial charge on any atom is 0.262 e. The fourth-order valence-corrected chi connectivity index (χ4v) is 1.93. The summed E-state index contributed by atoms with van der Waals surface area (Å²) in [7, 11) is 0. The lowest BCUT2D eigenvalue weighted by atomic mass is 10.1. The maximum absolute atomic E-state index is 11.8. The maximum atomic E-state index is 11.8. The second-order valence-corrected chi connectivity index (χ2v) is 3.93. The highest BCUT2D eigenvalue weighted by molar-refractivity contribution is 6.31. The molecule has 0 unspecified atom stereocenters. The van der Waals surface area contributed by atoms with Crippen LogP contribution in [0.5, 0.6) is 0 Å². The zero-order valence-electron chi connectivity index (χ0n) is 8.00. The van der Waals surface area contributed by atoms with Gasteiger partial charge in [-0.05, 0) is 24.6 Å². The number of rotatable bonds is 1. The van der Waals surface area contributed by atoms with E-state index in [1.165, 1.54) is 10.9 Å². The number of fused-ring (bicyclic) bond motifs is 1. The Morgan fingerprint density at radius 2 is 2.20 bits per heavy atom. The summed E-state index contributed by atoms with van der Waals surface area (Å²) < 4.78 is 1.33. The van der Waals surface area contributed by atoms with Crippen LogP contribution in [0.15, 0.2) is 23.3 Å². The van der Waals surface area contributed by atoms with Gasteiger partial charge in [0.05, 0.1) is 17.2 Å². The average Bonchev–Trinajstić information content (AvgIpc) is 2.19. The molecule has 0 aliphatic heterocycles. The predicted molar refractivity (Wildman–Crippen MR) is 61.6 cm³/mol. The molecule has 0 saturated carbocycles. The molecule has 1 heterocycles. The van der Waals surface area contributed by atoms with Crippen LogP contribution < -0.4 is 5.56 Å². The van der Waals surface area contributed by atoms with Crippen LogP contribution in [0.1, 0.15) is 5.56 Å². The number of benzene rings is 1. The molecule has 1 aromatic heterocycles. The fourth-order valence-electron chi connectivity index (χ4n) is 1.49. The molecule has 0 aliphatic carbocycles. The highest BCUT2D eigenvalue weighted by Gasteiger charge is 2.06. The van der Waals surface area contributed by atoms with Gasteiger partial charge in [-0.15, -0.1) is 11.6 Å². The lowest BCUT2D eigenvalue weighted by Gasteiger charge is -2.04. The summed E-state index contributed by atoms with van der Waals surface area (Å²) in [5.74, 6) is 0. The molecule has 1 aromatic carbocycles. The minimum Gasteiger partial charge on any atom is -0.284 e. The van der Waals surface area contributed by atoms with E-state index < -0.39 is 0 Å².